The predicted molar refractivity (Wildman–Crippen MR) is 52.1 cm³/mol. The number of nitrogens with zero attached hydrogens (tertiary/aromatic N) is 1. The second-order valence-electron chi connectivity index (χ2n) is 3.98. The van der Waals surface area contributed by atoms with E-state index >= 15 is 0 Å². The van der Waals surface area contributed by atoms with Crippen LogP contribution in [0.25, 0.3) is 0 Å². The summed E-state index contributed by atoms with van der Waals surface area (Å²) in [5.74, 6) is 0.558. The fourth-order valence-corrected chi connectivity index (χ4v) is 1.79. The molecule has 0 spiro atoms. The quantitative estimate of drug-likeness (QED) is 0.480. The summed E-state index contributed by atoms with van der Waals surface area (Å²) in [6.07, 6.45) is 5.36. The van der Waals surface area contributed by atoms with Gasteiger partial charge in [-0.25, -0.2) is 0 Å². The minimum Gasteiger partial charge on any atom is -0.370 e. The monoisotopic (exact) mass is 169 g/mol. The van der Waals surface area contributed by atoms with Gasteiger partial charge in [0, 0.05) is 13.6 Å². The van der Waals surface area contributed by atoms with Gasteiger partial charge in [-0.2, -0.15) is 0 Å². The van der Waals surface area contributed by atoms with Crippen molar-refractivity contribution in [3.63, 3.8) is 0 Å². The molecule has 0 saturated heterocycles. The first kappa shape index (κ1) is 9.36. The number of rotatable bonds is 2. The van der Waals surface area contributed by atoms with Gasteiger partial charge in [0.15, 0.2) is 5.96 Å². The molecule has 1 aliphatic rings. The molecular formula is C9H19N3. The molecule has 0 unspecified atom stereocenters. The summed E-state index contributed by atoms with van der Waals surface area (Å²) in [4.78, 5) is 3.86. The Bertz CT molecular complexity index is 169. The fourth-order valence-electron chi connectivity index (χ4n) is 1.79. The number of nitrogens with two attached hydrogens (primary N) is 1. The molecule has 1 rings (SSSR count). The maximum absolute atomic E-state index is 5.55. The summed E-state index contributed by atoms with van der Waals surface area (Å²) in [6, 6.07) is 0. The van der Waals surface area contributed by atoms with Crippen molar-refractivity contribution in [1.82, 2.24) is 5.32 Å². The van der Waals surface area contributed by atoms with Gasteiger partial charge in [-0.05, 0) is 18.3 Å². The van der Waals surface area contributed by atoms with Crippen molar-refractivity contribution in [2.45, 2.75) is 32.6 Å². The average Bonchev–Trinajstić information content (AvgIpc) is 2.49. The van der Waals surface area contributed by atoms with Gasteiger partial charge < -0.3 is 11.1 Å². The maximum Gasteiger partial charge on any atom is 0.188 e. The standard InChI is InChI=1S/C9H19N3/c1-9(5-3-4-6-9)7-12-8(10)11-2/h3-7H2,1-2H3,(H3,10,11,12). The zero-order chi connectivity index (χ0) is 9.03. The van der Waals surface area contributed by atoms with Crippen molar-refractivity contribution >= 4 is 5.96 Å². The van der Waals surface area contributed by atoms with Crippen LogP contribution in [0.1, 0.15) is 32.6 Å². The summed E-state index contributed by atoms with van der Waals surface area (Å²) in [7, 11) is 1.71. The first-order valence-corrected chi connectivity index (χ1v) is 4.62. The number of aliphatic imine (C=N–C) groups is 1. The summed E-state index contributed by atoms with van der Waals surface area (Å²) in [6.45, 7) is 3.28. The molecule has 1 aliphatic carbocycles. The Labute approximate surface area is 74.4 Å². The van der Waals surface area contributed by atoms with E-state index in [1.165, 1.54) is 25.7 Å². The Kier molecular flexibility index (Phi) is 2.95. The highest BCUT2D eigenvalue weighted by atomic mass is 15.1. The first-order chi connectivity index (χ1) is 5.66. The van der Waals surface area contributed by atoms with Gasteiger partial charge in [-0.15, -0.1) is 0 Å². The van der Waals surface area contributed by atoms with Crippen molar-refractivity contribution in [2.75, 3.05) is 13.6 Å². The van der Waals surface area contributed by atoms with E-state index in [4.69, 9.17) is 5.73 Å². The Morgan fingerprint density at radius 1 is 1.50 bits per heavy atom. The SMILES string of the molecule is CN=C(N)NCC1(C)CCCC1. The summed E-state index contributed by atoms with van der Waals surface area (Å²) < 4.78 is 0. The molecule has 0 radical (unpaired) electrons. The third kappa shape index (κ3) is 2.40. The van der Waals surface area contributed by atoms with Gasteiger partial charge in [0.25, 0.3) is 0 Å². The number of hydrogen-bond donors (Lipinski definition) is 2. The van der Waals surface area contributed by atoms with E-state index in [0.29, 0.717) is 11.4 Å². The second-order valence-corrected chi connectivity index (χ2v) is 3.98. The van der Waals surface area contributed by atoms with E-state index in [0.717, 1.165) is 6.54 Å². The topological polar surface area (TPSA) is 50.4 Å². The van der Waals surface area contributed by atoms with Gasteiger partial charge >= 0.3 is 0 Å². The molecule has 70 valence electrons. The van der Waals surface area contributed by atoms with Crippen LogP contribution in [0.5, 0.6) is 0 Å². The van der Waals surface area contributed by atoms with Crippen LogP contribution < -0.4 is 11.1 Å². The molecule has 0 amide bonds. The van der Waals surface area contributed by atoms with Crippen LogP contribution in [0.2, 0.25) is 0 Å². The van der Waals surface area contributed by atoms with Crippen LogP contribution in [-0.4, -0.2) is 19.6 Å². The van der Waals surface area contributed by atoms with Crippen LogP contribution >= 0.6 is 0 Å². The van der Waals surface area contributed by atoms with Gasteiger partial charge in [0.05, 0.1) is 0 Å². The molecule has 3 nitrogen and oxygen atoms in total. The molecule has 1 fully saturated rings. The lowest BCUT2D eigenvalue weighted by Gasteiger charge is -2.23. The van der Waals surface area contributed by atoms with Crippen molar-refractivity contribution < 1.29 is 0 Å². The van der Waals surface area contributed by atoms with Crippen molar-refractivity contribution in [2.24, 2.45) is 16.1 Å². The van der Waals surface area contributed by atoms with Gasteiger partial charge in [0.1, 0.15) is 0 Å². The summed E-state index contributed by atoms with van der Waals surface area (Å²) in [5, 5.41) is 3.14. The summed E-state index contributed by atoms with van der Waals surface area (Å²) in [5.41, 5.74) is 6.00. The maximum atomic E-state index is 5.55. The minimum absolute atomic E-state index is 0.454. The molecule has 0 heterocycles. The van der Waals surface area contributed by atoms with E-state index in [2.05, 4.69) is 17.2 Å². The van der Waals surface area contributed by atoms with E-state index < -0.39 is 0 Å². The third-order valence-electron chi connectivity index (χ3n) is 2.75. The van der Waals surface area contributed by atoms with Crippen LogP contribution in [0.3, 0.4) is 0 Å². The zero-order valence-electron chi connectivity index (χ0n) is 8.06. The lowest BCUT2D eigenvalue weighted by Crippen LogP contribution is -2.38. The van der Waals surface area contributed by atoms with Crippen LogP contribution in [-0.2, 0) is 0 Å². The molecule has 0 aromatic heterocycles. The van der Waals surface area contributed by atoms with Crippen molar-refractivity contribution in [1.29, 1.82) is 0 Å². The molecule has 0 aromatic carbocycles. The lowest BCUT2D eigenvalue weighted by molar-refractivity contribution is 0.335. The molecular weight excluding hydrogens is 150 g/mol. The Morgan fingerprint density at radius 3 is 2.58 bits per heavy atom. The number of hydrogen-bond acceptors (Lipinski definition) is 1. The highest BCUT2D eigenvalue weighted by molar-refractivity contribution is 5.77. The van der Waals surface area contributed by atoms with Crippen molar-refractivity contribution in [3.8, 4) is 0 Å². The van der Waals surface area contributed by atoms with Gasteiger partial charge in [-0.3, -0.25) is 4.99 Å². The normalized spacial score (nSPS) is 22.7. The second kappa shape index (κ2) is 3.78. The molecule has 12 heavy (non-hydrogen) atoms. The predicted octanol–water partition coefficient (Wildman–Crippen LogP) is 1.10. The van der Waals surface area contributed by atoms with Gasteiger partial charge in [-0.1, -0.05) is 19.8 Å². The number of nitrogens with one attached hydrogen (secondary N) is 1. The zero-order valence-corrected chi connectivity index (χ0v) is 8.06. The minimum atomic E-state index is 0.454. The highest BCUT2D eigenvalue weighted by Crippen LogP contribution is 2.36. The van der Waals surface area contributed by atoms with E-state index in [9.17, 15) is 0 Å². The molecule has 0 aliphatic heterocycles. The summed E-state index contributed by atoms with van der Waals surface area (Å²) >= 11 is 0. The highest BCUT2D eigenvalue weighted by Gasteiger charge is 2.28. The molecule has 0 atom stereocenters. The Balaban J connectivity index is 2.30. The van der Waals surface area contributed by atoms with E-state index in [-0.39, 0.29) is 0 Å². The molecule has 0 bridgehead atoms. The lowest BCUT2D eigenvalue weighted by atomic mass is 9.89. The molecule has 1 saturated carbocycles. The average molecular weight is 169 g/mol. The van der Waals surface area contributed by atoms with E-state index in [1.807, 2.05) is 0 Å². The van der Waals surface area contributed by atoms with Crippen LogP contribution in [0, 0.1) is 5.41 Å². The first-order valence-electron chi connectivity index (χ1n) is 4.62. The number of guanidine groups is 1. The Hall–Kier alpha value is -0.730. The van der Waals surface area contributed by atoms with E-state index in [1.54, 1.807) is 7.05 Å². The largest absolute Gasteiger partial charge is 0.370 e. The van der Waals surface area contributed by atoms with Gasteiger partial charge in [0.2, 0.25) is 0 Å². The third-order valence-corrected chi connectivity index (χ3v) is 2.75. The van der Waals surface area contributed by atoms with Crippen LogP contribution in [0.15, 0.2) is 4.99 Å². The molecule has 0 aromatic rings. The van der Waals surface area contributed by atoms with Crippen LogP contribution in [0.4, 0.5) is 0 Å². The fraction of sp³-hybridized carbons (Fsp3) is 0.889. The Morgan fingerprint density at radius 2 is 2.08 bits per heavy atom. The molecule has 3 heteroatoms. The van der Waals surface area contributed by atoms with Crippen molar-refractivity contribution in [3.05, 3.63) is 0 Å². The smallest absolute Gasteiger partial charge is 0.188 e. The molecule has 3 N–H and O–H groups in total.